The Morgan fingerprint density at radius 2 is 2.08 bits per heavy atom. The third-order valence-electron chi connectivity index (χ3n) is 1.95. The van der Waals surface area contributed by atoms with Gasteiger partial charge in [-0.15, -0.1) is 0 Å². The summed E-state index contributed by atoms with van der Waals surface area (Å²) in [5, 5.41) is 8.26. The molecule has 0 fully saturated rings. The summed E-state index contributed by atoms with van der Waals surface area (Å²) in [6.07, 6.45) is 0. The summed E-state index contributed by atoms with van der Waals surface area (Å²) < 4.78 is 0.968. The maximum atomic E-state index is 4.17. The number of nitrogens with zero attached hydrogens (tertiary/aromatic N) is 1. The molecule has 1 heterocycles. The highest BCUT2D eigenvalue weighted by atomic mass is 79.9. The summed E-state index contributed by atoms with van der Waals surface area (Å²) in [5.41, 5.74) is 3.53. The van der Waals surface area contributed by atoms with Crippen molar-refractivity contribution in [2.45, 2.75) is 13.8 Å². The molecule has 0 aliphatic carbocycles. The van der Waals surface area contributed by atoms with E-state index in [1.807, 2.05) is 0 Å². The topological polar surface area (TPSA) is 28.7 Å². The Morgan fingerprint density at radius 1 is 1.33 bits per heavy atom. The van der Waals surface area contributed by atoms with Crippen LogP contribution in [0.2, 0.25) is 0 Å². The number of nitrogens with one attached hydrogen (secondary N) is 1. The first-order valence-corrected chi connectivity index (χ1v) is 4.58. The van der Waals surface area contributed by atoms with Crippen molar-refractivity contribution in [2.75, 3.05) is 0 Å². The summed E-state index contributed by atoms with van der Waals surface area (Å²) in [5.74, 6) is 0. The van der Waals surface area contributed by atoms with Gasteiger partial charge in [-0.3, -0.25) is 5.10 Å². The first kappa shape index (κ1) is 7.80. The maximum absolute atomic E-state index is 4.17. The molecule has 0 radical (unpaired) electrons. The van der Waals surface area contributed by atoms with Gasteiger partial charge in [-0.2, -0.15) is 5.10 Å². The van der Waals surface area contributed by atoms with Crippen LogP contribution in [0, 0.1) is 13.8 Å². The van der Waals surface area contributed by atoms with E-state index in [1.54, 1.807) is 0 Å². The van der Waals surface area contributed by atoms with Crippen molar-refractivity contribution >= 4 is 26.8 Å². The lowest BCUT2D eigenvalue weighted by Gasteiger charge is -1.97. The number of H-pyrrole nitrogens is 1. The maximum Gasteiger partial charge on any atom is 0.109 e. The first-order chi connectivity index (χ1) is 5.68. The molecular weight excluding hydrogens is 216 g/mol. The minimum absolute atomic E-state index is 0.968. The fraction of sp³-hybridized carbons (Fsp3) is 0.222. The van der Waals surface area contributed by atoms with Gasteiger partial charge in [0.25, 0.3) is 0 Å². The minimum Gasteiger partial charge on any atom is -0.270 e. The Labute approximate surface area is 79.1 Å². The largest absolute Gasteiger partial charge is 0.270 e. The summed E-state index contributed by atoms with van der Waals surface area (Å²) in [6.45, 7) is 4.17. The third-order valence-corrected chi connectivity index (χ3v) is 2.53. The number of rotatable bonds is 0. The van der Waals surface area contributed by atoms with Gasteiger partial charge in [0.05, 0.1) is 5.52 Å². The number of aromatic amines is 1. The molecule has 1 N–H and O–H groups in total. The highest BCUT2D eigenvalue weighted by Gasteiger charge is 2.05. The third kappa shape index (κ3) is 1.05. The van der Waals surface area contributed by atoms with Gasteiger partial charge in [0.2, 0.25) is 0 Å². The molecule has 0 saturated carbocycles. The molecule has 62 valence electrons. The van der Waals surface area contributed by atoms with E-state index in [2.05, 4.69) is 52.1 Å². The number of halogens is 1. The standard InChI is InChI=1S/C9H9BrN2/c1-5-3-6(2)8-7(4-5)11-12-9(8)10/h3-4H,1-2H3,(H,11,12). The molecule has 0 amide bonds. The Kier molecular flexibility index (Phi) is 1.68. The van der Waals surface area contributed by atoms with Gasteiger partial charge in [0.15, 0.2) is 0 Å². The van der Waals surface area contributed by atoms with Crippen LogP contribution in [0.15, 0.2) is 16.7 Å². The molecule has 0 saturated heterocycles. The quantitative estimate of drug-likeness (QED) is 0.733. The second-order valence-electron chi connectivity index (χ2n) is 3.01. The second-order valence-corrected chi connectivity index (χ2v) is 3.81. The molecule has 3 heteroatoms. The van der Waals surface area contributed by atoms with Crippen molar-refractivity contribution in [3.05, 3.63) is 27.9 Å². The fourth-order valence-corrected chi connectivity index (χ4v) is 2.09. The predicted octanol–water partition coefficient (Wildman–Crippen LogP) is 2.94. The molecular formula is C9H9BrN2. The lowest BCUT2D eigenvalue weighted by atomic mass is 10.1. The number of aromatic nitrogens is 2. The normalized spacial score (nSPS) is 10.9. The van der Waals surface area contributed by atoms with Gasteiger partial charge < -0.3 is 0 Å². The highest BCUT2D eigenvalue weighted by Crippen LogP contribution is 2.25. The molecule has 1 aromatic carbocycles. The zero-order valence-corrected chi connectivity index (χ0v) is 8.57. The molecule has 0 spiro atoms. The summed E-state index contributed by atoms with van der Waals surface area (Å²) >= 11 is 3.42. The van der Waals surface area contributed by atoms with E-state index >= 15 is 0 Å². The Bertz CT molecular complexity index is 431. The average molecular weight is 225 g/mol. The van der Waals surface area contributed by atoms with E-state index in [1.165, 1.54) is 16.5 Å². The van der Waals surface area contributed by atoms with Crippen LogP contribution in [0.3, 0.4) is 0 Å². The SMILES string of the molecule is Cc1cc(C)c2c(Br)[nH]nc2c1. The van der Waals surface area contributed by atoms with Crippen molar-refractivity contribution in [1.82, 2.24) is 10.2 Å². The van der Waals surface area contributed by atoms with E-state index in [0.717, 1.165) is 10.1 Å². The molecule has 0 bridgehead atoms. The molecule has 0 aliphatic rings. The van der Waals surface area contributed by atoms with Crippen LogP contribution in [-0.4, -0.2) is 10.2 Å². The molecule has 0 atom stereocenters. The Balaban J connectivity index is 2.93. The summed E-state index contributed by atoms with van der Waals surface area (Å²) in [4.78, 5) is 0. The zero-order chi connectivity index (χ0) is 8.72. The van der Waals surface area contributed by atoms with Gasteiger partial charge >= 0.3 is 0 Å². The second kappa shape index (κ2) is 2.59. The molecule has 0 aliphatic heterocycles. The predicted molar refractivity (Wildman–Crippen MR) is 53.3 cm³/mol. The Morgan fingerprint density at radius 3 is 2.83 bits per heavy atom. The molecule has 1 aromatic heterocycles. The lowest BCUT2D eigenvalue weighted by Crippen LogP contribution is -1.78. The van der Waals surface area contributed by atoms with Gasteiger partial charge in [-0.1, -0.05) is 6.07 Å². The van der Waals surface area contributed by atoms with Crippen molar-refractivity contribution in [3.8, 4) is 0 Å². The molecule has 2 rings (SSSR count). The number of benzene rings is 1. The Hall–Kier alpha value is -0.830. The van der Waals surface area contributed by atoms with Crippen LogP contribution < -0.4 is 0 Å². The van der Waals surface area contributed by atoms with E-state index < -0.39 is 0 Å². The summed E-state index contributed by atoms with van der Waals surface area (Å²) in [6, 6.07) is 4.23. The fourth-order valence-electron chi connectivity index (χ4n) is 1.48. The van der Waals surface area contributed by atoms with Crippen LogP contribution in [0.4, 0.5) is 0 Å². The lowest BCUT2D eigenvalue weighted by molar-refractivity contribution is 1.09. The zero-order valence-electron chi connectivity index (χ0n) is 6.98. The van der Waals surface area contributed by atoms with Gasteiger partial charge in [0, 0.05) is 5.39 Å². The number of aryl methyl sites for hydroxylation is 2. The van der Waals surface area contributed by atoms with Crippen molar-refractivity contribution in [1.29, 1.82) is 0 Å². The first-order valence-electron chi connectivity index (χ1n) is 3.79. The van der Waals surface area contributed by atoms with Crippen LogP contribution in [0.5, 0.6) is 0 Å². The summed E-state index contributed by atoms with van der Waals surface area (Å²) in [7, 11) is 0. The van der Waals surface area contributed by atoms with E-state index in [9.17, 15) is 0 Å². The van der Waals surface area contributed by atoms with Crippen LogP contribution in [-0.2, 0) is 0 Å². The van der Waals surface area contributed by atoms with E-state index in [-0.39, 0.29) is 0 Å². The van der Waals surface area contributed by atoms with Crippen LogP contribution >= 0.6 is 15.9 Å². The van der Waals surface area contributed by atoms with E-state index in [4.69, 9.17) is 0 Å². The number of hydrogen-bond acceptors (Lipinski definition) is 1. The molecule has 2 aromatic rings. The van der Waals surface area contributed by atoms with Gasteiger partial charge in [-0.05, 0) is 47.0 Å². The monoisotopic (exact) mass is 224 g/mol. The van der Waals surface area contributed by atoms with Gasteiger partial charge in [-0.25, -0.2) is 0 Å². The van der Waals surface area contributed by atoms with Crippen LogP contribution in [0.1, 0.15) is 11.1 Å². The highest BCUT2D eigenvalue weighted by molar-refractivity contribution is 9.10. The smallest absolute Gasteiger partial charge is 0.109 e. The van der Waals surface area contributed by atoms with Crippen molar-refractivity contribution in [2.24, 2.45) is 0 Å². The van der Waals surface area contributed by atoms with Gasteiger partial charge in [0.1, 0.15) is 4.60 Å². The van der Waals surface area contributed by atoms with E-state index in [0.29, 0.717) is 0 Å². The molecule has 0 unspecified atom stereocenters. The van der Waals surface area contributed by atoms with Crippen molar-refractivity contribution in [3.63, 3.8) is 0 Å². The molecule has 12 heavy (non-hydrogen) atoms. The average Bonchev–Trinajstić information content (AvgIpc) is 2.31. The minimum atomic E-state index is 0.968. The van der Waals surface area contributed by atoms with Crippen LogP contribution in [0.25, 0.3) is 10.9 Å². The molecule has 2 nitrogen and oxygen atoms in total. The number of fused-ring (bicyclic) bond motifs is 1. The number of hydrogen-bond donors (Lipinski definition) is 1. The van der Waals surface area contributed by atoms with Crippen molar-refractivity contribution < 1.29 is 0 Å².